The first kappa shape index (κ1) is 22.1. The van der Waals surface area contributed by atoms with E-state index in [1.54, 1.807) is 36.4 Å². The molecule has 3 aromatic carbocycles. The van der Waals surface area contributed by atoms with Gasteiger partial charge >= 0.3 is 0 Å². The normalized spacial score (nSPS) is 12.6. The van der Waals surface area contributed by atoms with Crippen molar-refractivity contribution in [2.45, 2.75) is 4.90 Å². The molecule has 33 heavy (non-hydrogen) atoms. The van der Waals surface area contributed by atoms with Gasteiger partial charge in [0.05, 0.1) is 15.5 Å². The van der Waals surface area contributed by atoms with E-state index in [0.717, 1.165) is 4.31 Å². The van der Waals surface area contributed by atoms with E-state index in [1.165, 1.54) is 36.4 Å². The smallest absolute Gasteiger partial charge is 0.269 e. The van der Waals surface area contributed by atoms with E-state index in [2.05, 4.69) is 5.32 Å². The van der Waals surface area contributed by atoms with Crippen molar-refractivity contribution in [1.29, 1.82) is 0 Å². The largest absolute Gasteiger partial charge is 0.486 e. The number of nitrogens with one attached hydrogen (secondary N) is 1. The second kappa shape index (κ2) is 9.17. The minimum atomic E-state index is -4.13. The van der Waals surface area contributed by atoms with Gasteiger partial charge in [-0.3, -0.25) is 19.2 Å². The Labute approximate surface area is 189 Å². The monoisotopic (exact) mass is 469 g/mol. The van der Waals surface area contributed by atoms with Crippen LogP contribution in [0.25, 0.3) is 0 Å². The van der Waals surface area contributed by atoms with Gasteiger partial charge in [-0.15, -0.1) is 0 Å². The summed E-state index contributed by atoms with van der Waals surface area (Å²) in [5.41, 5.74) is 0.323. The number of hydrogen-bond acceptors (Lipinski definition) is 7. The summed E-state index contributed by atoms with van der Waals surface area (Å²) in [6.07, 6.45) is 0. The summed E-state index contributed by atoms with van der Waals surface area (Å²) in [4.78, 5) is 23.2. The number of anilines is 2. The number of carbonyl (C=O) groups excluding carboxylic acids is 1. The van der Waals surface area contributed by atoms with Gasteiger partial charge in [-0.2, -0.15) is 0 Å². The van der Waals surface area contributed by atoms with Gasteiger partial charge in [0.1, 0.15) is 19.8 Å². The number of fused-ring (bicyclic) bond motifs is 1. The van der Waals surface area contributed by atoms with Gasteiger partial charge in [0, 0.05) is 23.9 Å². The van der Waals surface area contributed by atoms with E-state index < -0.39 is 27.4 Å². The van der Waals surface area contributed by atoms with Crippen LogP contribution in [-0.4, -0.2) is 39.0 Å². The Morgan fingerprint density at radius 3 is 2.30 bits per heavy atom. The molecule has 11 heteroatoms. The third-order valence-electron chi connectivity index (χ3n) is 4.79. The molecule has 0 fully saturated rings. The lowest BCUT2D eigenvalue weighted by molar-refractivity contribution is -0.384. The van der Waals surface area contributed by atoms with Gasteiger partial charge in [0.25, 0.3) is 15.7 Å². The summed E-state index contributed by atoms with van der Waals surface area (Å²) in [6, 6.07) is 17.4. The summed E-state index contributed by atoms with van der Waals surface area (Å²) < 4.78 is 38.5. The predicted octanol–water partition coefficient (Wildman–Crippen LogP) is 3.20. The van der Waals surface area contributed by atoms with E-state index >= 15 is 0 Å². The highest BCUT2D eigenvalue weighted by Gasteiger charge is 2.27. The summed E-state index contributed by atoms with van der Waals surface area (Å²) in [7, 11) is -4.13. The van der Waals surface area contributed by atoms with Crippen LogP contribution in [0, 0.1) is 10.1 Å². The maximum Gasteiger partial charge on any atom is 0.269 e. The van der Waals surface area contributed by atoms with Gasteiger partial charge in [-0.25, -0.2) is 8.42 Å². The number of hydrogen-bond donors (Lipinski definition) is 1. The molecule has 170 valence electrons. The van der Waals surface area contributed by atoms with Crippen molar-refractivity contribution in [1.82, 2.24) is 0 Å². The number of rotatable bonds is 7. The lowest BCUT2D eigenvalue weighted by Gasteiger charge is -2.24. The van der Waals surface area contributed by atoms with Gasteiger partial charge in [-0.1, -0.05) is 18.2 Å². The molecule has 1 amide bonds. The zero-order valence-electron chi connectivity index (χ0n) is 17.2. The molecular weight excluding hydrogens is 450 g/mol. The summed E-state index contributed by atoms with van der Waals surface area (Å²) >= 11 is 0. The molecule has 0 unspecified atom stereocenters. The Balaban J connectivity index is 1.62. The summed E-state index contributed by atoms with van der Waals surface area (Å²) in [5, 5.41) is 13.6. The number of nitro groups is 1. The summed E-state index contributed by atoms with van der Waals surface area (Å²) in [6.45, 7) is 0.261. The Morgan fingerprint density at radius 1 is 0.970 bits per heavy atom. The number of ether oxygens (including phenoxy) is 2. The first-order valence-electron chi connectivity index (χ1n) is 9.86. The van der Waals surface area contributed by atoms with E-state index in [9.17, 15) is 23.3 Å². The number of benzene rings is 3. The van der Waals surface area contributed by atoms with Crippen LogP contribution in [-0.2, 0) is 14.8 Å². The second-order valence-corrected chi connectivity index (χ2v) is 8.87. The van der Waals surface area contributed by atoms with Crippen molar-refractivity contribution in [3.63, 3.8) is 0 Å². The molecular formula is C22H19N3O7S. The zero-order chi connectivity index (χ0) is 23.4. The van der Waals surface area contributed by atoms with E-state index in [1.807, 2.05) is 0 Å². The molecule has 0 bridgehead atoms. The molecule has 0 aliphatic carbocycles. The highest BCUT2D eigenvalue weighted by atomic mass is 32.2. The quantitative estimate of drug-likeness (QED) is 0.416. The standard InChI is InChI=1S/C22H19N3O7S/c26-22(23-16-6-11-20-21(14-16)32-13-12-31-20)15-24(17-7-9-18(10-8-17)25(27)28)33(29,30)19-4-2-1-3-5-19/h1-11,14H,12-13,15H2,(H,23,26). The minimum absolute atomic E-state index is 0.0181. The first-order valence-corrected chi connectivity index (χ1v) is 11.3. The molecule has 0 saturated carbocycles. The molecule has 0 spiro atoms. The van der Waals surface area contributed by atoms with Crippen LogP contribution < -0.4 is 19.1 Å². The molecule has 1 heterocycles. The Bertz CT molecular complexity index is 1280. The third kappa shape index (κ3) is 4.88. The second-order valence-electron chi connectivity index (χ2n) is 7.00. The van der Waals surface area contributed by atoms with Crippen LogP contribution in [0.4, 0.5) is 17.1 Å². The number of non-ortho nitro benzene ring substituents is 1. The zero-order valence-corrected chi connectivity index (χ0v) is 18.0. The predicted molar refractivity (Wildman–Crippen MR) is 120 cm³/mol. The summed E-state index contributed by atoms with van der Waals surface area (Å²) in [5.74, 6) is 0.422. The highest BCUT2D eigenvalue weighted by Crippen LogP contribution is 2.33. The van der Waals surface area contributed by atoms with E-state index in [4.69, 9.17) is 9.47 Å². The van der Waals surface area contributed by atoms with Gasteiger partial charge < -0.3 is 14.8 Å². The fourth-order valence-corrected chi connectivity index (χ4v) is 4.67. The third-order valence-corrected chi connectivity index (χ3v) is 6.58. The fourth-order valence-electron chi connectivity index (χ4n) is 3.23. The molecule has 0 saturated heterocycles. The van der Waals surface area contributed by atoms with Gasteiger partial charge in [-0.05, 0) is 36.4 Å². The van der Waals surface area contributed by atoms with Crippen LogP contribution >= 0.6 is 0 Å². The molecule has 3 aromatic rings. The van der Waals surface area contributed by atoms with Gasteiger partial charge in [0.15, 0.2) is 11.5 Å². The average molecular weight is 469 g/mol. The highest BCUT2D eigenvalue weighted by molar-refractivity contribution is 7.92. The van der Waals surface area contributed by atoms with Crippen LogP contribution in [0.15, 0.2) is 77.7 Å². The van der Waals surface area contributed by atoms with Crippen LogP contribution in [0.2, 0.25) is 0 Å². The van der Waals surface area contributed by atoms with Crippen molar-refractivity contribution in [2.24, 2.45) is 0 Å². The number of amides is 1. The van der Waals surface area contributed by atoms with Crippen molar-refractivity contribution in [3.8, 4) is 11.5 Å². The number of nitrogens with zero attached hydrogens (tertiary/aromatic N) is 2. The number of nitro benzene ring substituents is 1. The van der Waals surface area contributed by atoms with Crippen molar-refractivity contribution in [2.75, 3.05) is 29.4 Å². The molecule has 0 atom stereocenters. The maximum atomic E-state index is 13.3. The van der Waals surface area contributed by atoms with Crippen molar-refractivity contribution in [3.05, 3.63) is 82.9 Å². The lowest BCUT2D eigenvalue weighted by atomic mass is 10.2. The van der Waals surface area contributed by atoms with Crippen LogP contribution in [0.3, 0.4) is 0 Å². The maximum absolute atomic E-state index is 13.3. The topological polar surface area (TPSA) is 128 Å². The van der Waals surface area contributed by atoms with Gasteiger partial charge in [0.2, 0.25) is 5.91 Å². The SMILES string of the molecule is O=C(CN(c1ccc([N+](=O)[O-])cc1)S(=O)(=O)c1ccccc1)Nc1ccc2c(c1)OCCO2. The molecule has 0 radical (unpaired) electrons. The average Bonchev–Trinajstić information content (AvgIpc) is 2.83. The molecule has 1 aliphatic heterocycles. The molecule has 1 N–H and O–H groups in total. The van der Waals surface area contributed by atoms with E-state index in [-0.39, 0.29) is 16.3 Å². The first-order chi connectivity index (χ1) is 15.8. The van der Waals surface area contributed by atoms with Crippen LogP contribution in [0.5, 0.6) is 11.5 Å². The molecule has 10 nitrogen and oxygen atoms in total. The van der Waals surface area contributed by atoms with Crippen molar-refractivity contribution < 1.29 is 27.6 Å². The molecule has 0 aromatic heterocycles. The number of sulfonamides is 1. The van der Waals surface area contributed by atoms with Crippen molar-refractivity contribution >= 4 is 33.0 Å². The minimum Gasteiger partial charge on any atom is -0.486 e. The Kier molecular flexibility index (Phi) is 6.13. The lowest BCUT2D eigenvalue weighted by Crippen LogP contribution is -2.38. The fraction of sp³-hybridized carbons (Fsp3) is 0.136. The number of carbonyl (C=O) groups is 1. The molecule has 4 rings (SSSR count). The van der Waals surface area contributed by atoms with Crippen LogP contribution in [0.1, 0.15) is 0 Å². The Morgan fingerprint density at radius 2 is 1.64 bits per heavy atom. The Hall–Kier alpha value is -4.12. The van der Waals surface area contributed by atoms with E-state index in [0.29, 0.717) is 30.4 Å². The molecule has 1 aliphatic rings.